The van der Waals surface area contributed by atoms with Gasteiger partial charge in [0.25, 0.3) is 0 Å². The van der Waals surface area contributed by atoms with Gasteiger partial charge in [0.15, 0.2) is 0 Å². The molecule has 0 aromatic carbocycles. The molecular formula is C10H25FeN2Na. The first kappa shape index (κ1) is 20.8. The zero-order valence-corrected chi connectivity index (χ0v) is 10.4. The minimum atomic E-state index is -0.184. The minimum absolute atomic E-state index is 0. The Morgan fingerprint density at radius 3 is 0.929 bits per heavy atom. The molecule has 0 unspecified atom stereocenters. The molecule has 0 atom stereocenters. The summed E-state index contributed by atoms with van der Waals surface area (Å²) in [4.78, 5) is 0. The van der Waals surface area contributed by atoms with Crippen LogP contribution in [0.4, 0.5) is 0 Å². The van der Waals surface area contributed by atoms with Gasteiger partial charge in [0, 0.05) is 28.1 Å². The maximum absolute atomic E-state index is 6.27. The average molecular weight is 252 g/mol. The molecule has 84 valence electrons. The SMILES string of the molecule is CCC(N)(CC)C(N)(CC)CC.[Fe].[NaH]. The van der Waals surface area contributed by atoms with Crippen LogP contribution >= 0.6 is 0 Å². The van der Waals surface area contributed by atoms with Gasteiger partial charge in [0.2, 0.25) is 0 Å². The van der Waals surface area contributed by atoms with Crippen LogP contribution in [0, 0.1) is 0 Å². The molecule has 0 saturated heterocycles. The van der Waals surface area contributed by atoms with Crippen molar-refractivity contribution in [2.45, 2.75) is 64.5 Å². The van der Waals surface area contributed by atoms with Crippen molar-refractivity contribution in [1.29, 1.82) is 0 Å². The summed E-state index contributed by atoms with van der Waals surface area (Å²) in [5.41, 5.74) is 12.2. The quantitative estimate of drug-likeness (QED) is 0.726. The molecule has 0 rings (SSSR count). The van der Waals surface area contributed by atoms with Gasteiger partial charge >= 0.3 is 29.6 Å². The fraction of sp³-hybridized carbons (Fsp3) is 1.00. The molecular weight excluding hydrogens is 227 g/mol. The van der Waals surface area contributed by atoms with Gasteiger partial charge in [-0.3, -0.25) is 0 Å². The summed E-state index contributed by atoms with van der Waals surface area (Å²) in [6, 6.07) is 0. The van der Waals surface area contributed by atoms with Crippen molar-refractivity contribution in [3.05, 3.63) is 0 Å². The van der Waals surface area contributed by atoms with Crippen LogP contribution in [0.1, 0.15) is 53.4 Å². The second kappa shape index (κ2) is 8.58. The fourth-order valence-electron chi connectivity index (χ4n) is 1.91. The zero-order chi connectivity index (χ0) is 9.83. The summed E-state index contributed by atoms with van der Waals surface area (Å²) in [5, 5.41) is 0. The Bertz CT molecular complexity index is 118. The number of hydrogen-bond donors (Lipinski definition) is 2. The van der Waals surface area contributed by atoms with Crippen LogP contribution in [0.15, 0.2) is 0 Å². The third kappa shape index (κ3) is 4.13. The third-order valence-corrected chi connectivity index (χ3v) is 3.52. The number of nitrogens with two attached hydrogens (primary N) is 2. The third-order valence-electron chi connectivity index (χ3n) is 3.52. The predicted octanol–water partition coefficient (Wildman–Crippen LogP) is 1.37. The van der Waals surface area contributed by atoms with Crippen molar-refractivity contribution >= 4 is 29.6 Å². The van der Waals surface area contributed by atoms with Gasteiger partial charge in [-0.1, -0.05) is 27.7 Å². The molecule has 0 aliphatic rings. The molecule has 4 N–H and O–H groups in total. The molecule has 0 aromatic heterocycles. The Labute approximate surface area is 122 Å². The molecule has 0 amide bonds. The Balaban J connectivity index is -0.000000605. The second-order valence-electron chi connectivity index (χ2n) is 3.73. The van der Waals surface area contributed by atoms with Crippen molar-refractivity contribution in [2.24, 2.45) is 11.5 Å². The Kier molecular flexibility index (Phi) is 12.7. The number of hydrogen-bond acceptors (Lipinski definition) is 2. The van der Waals surface area contributed by atoms with E-state index in [0.717, 1.165) is 25.7 Å². The average Bonchev–Trinajstić information content (AvgIpc) is 2.15. The van der Waals surface area contributed by atoms with Crippen LogP contribution < -0.4 is 11.5 Å². The summed E-state index contributed by atoms with van der Waals surface area (Å²) in [5.74, 6) is 0. The molecule has 0 bridgehead atoms. The molecule has 2 nitrogen and oxygen atoms in total. The summed E-state index contributed by atoms with van der Waals surface area (Å²) < 4.78 is 0. The van der Waals surface area contributed by atoms with Gasteiger partial charge in [-0.25, -0.2) is 0 Å². The molecule has 0 heterocycles. The summed E-state index contributed by atoms with van der Waals surface area (Å²) in [7, 11) is 0. The van der Waals surface area contributed by atoms with Crippen LogP contribution in [0.3, 0.4) is 0 Å². The van der Waals surface area contributed by atoms with E-state index in [1.807, 2.05) is 0 Å². The monoisotopic (exact) mass is 252 g/mol. The van der Waals surface area contributed by atoms with Crippen molar-refractivity contribution < 1.29 is 17.1 Å². The van der Waals surface area contributed by atoms with Crippen molar-refractivity contribution in [3.8, 4) is 0 Å². The van der Waals surface area contributed by atoms with E-state index in [4.69, 9.17) is 11.5 Å². The molecule has 0 aliphatic heterocycles. The standard InChI is InChI=1S/C10H24N2.Fe.Na.H/c1-5-9(11,6-2)10(12,7-3)8-4;;;/h5-8,11-12H2,1-4H3;;;. The van der Waals surface area contributed by atoms with Crippen LogP contribution in [0.5, 0.6) is 0 Å². The Morgan fingerprint density at radius 1 is 0.714 bits per heavy atom. The predicted molar refractivity (Wildman–Crippen MR) is 62.1 cm³/mol. The normalized spacial score (nSPS) is 11.6. The molecule has 0 saturated carbocycles. The van der Waals surface area contributed by atoms with E-state index in [1.54, 1.807) is 0 Å². The second-order valence-corrected chi connectivity index (χ2v) is 3.73. The first-order valence-electron chi connectivity index (χ1n) is 5.07. The van der Waals surface area contributed by atoms with Gasteiger partial charge < -0.3 is 11.5 Å². The van der Waals surface area contributed by atoms with E-state index in [2.05, 4.69) is 27.7 Å². The van der Waals surface area contributed by atoms with Crippen molar-refractivity contribution in [2.75, 3.05) is 0 Å². The zero-order valence-electron chi connectivity index (χ0n) is 9.34. The molecule has 4 heteroatoms. The van der Waals surface area contributed by atoms with E-state index in [9.17, 15) is 0 Å². The molecule has 14 heavy (non-hydrogen) atoms. The Morgan fingerprint density at radius 2 is 0.857 bits per heavy atom. The topological polar surface area (TPSA) is 52.0 Å². The number of rotatable bonds is 5. The molecule has 0 aromatic rings. The van der Waals surface area contributed by atoms with Gasteiger partial charge in [-0.15, -0.1) is 0 Å². The first-order chi connectivity index (χ1) is 5.49. The first-order valence-corrected chi connectivity index (χ1v) is 5.07. The Hall–Kier alpha value is 1.44. The van der Waals surface area contributed by atoms with E-state index < -0.39 is 0 Å². The van der Waals surface area contributed by atoms with E-state index in [0.29, 0.717) is 0 Å². The van der Waals surface area contributed by atoms with Crippen molar-refractivity contribution in [3.63, 3.8) is 0 Å². The van der Waals surface area contributed by atoms with E-state index in [1.165, 1.54) is 0 Å². The maximum atomic E-state index is 6.27. The summed E-state index contributed by atoms with van der Waals surface area (Å²) >= 11 is 0. The molecule has 0 fully saturated rings. The van der Waals surface area contributed by atoms with Crippen LogP contribution in [0.25, 0.3) is 0 Å². The van der Waals surface area contributed by atoms with E-state index >= 15 is 0 Å². The molecule has 0 spiro atoms. The fourth-order valence-corrected chi connectivity index (χ4v) is 1.91. The van der Waals surface area contributed by atoms with Gasteiger partial charge in [0.1, 0.15) is 0 Å². The van der Waals surface area contributed by atoms with Gasteiger partial charge in [-0.05, 0) is 25.7 Å². The molecule has 0 radical (unpaired) electrons. The molecule has 0 aliphatic carbocycles. The van der Waals surface area contributed by atoms with E-state index in [-0.39, 0.29) is 57.7 Å². The summed E-state index contributed by atoms with van der Waals surface area (Å²) in [6.07, 6.45) is 3.84. The van der Waals surface area contributed by atoms with Crippen LogP contribution in [-0.4, -0.2) is 40.6 Å². The van der Waals surface area contributed by atoms with Gasteiger partial charge in [-0.2, -0.15) is 0 Å². The summed E-state index contributed by atoms with van der Waals surface area (Å²) in [6.45, 7) is 8.49. The van der Waals surface area contributed by atoms with Crippen LogP contribution in [0.2, 0.25) is 0 Å². The van der Waals surface area contributed by atoms with Crippen molar-refractivity contribution in [1.82, 2.24) is 0 Å². The van der Waals surface area contributed by atoms with Gasteiger partial charge in [0.05, 0.1) is 0 Å². The van der Waals surface area contributed by atoms with Crippen LogP contribution in [-0.2, 0) is 17.1 Å².